The number of nitrogens with zero attached hydrogens (tertiary/aromatic N) is 2. The Balaban J connectivity index is 1.95. The van der Waals surface area contributed by atoms with Crippen molar-refractivity contribution in [2.45, 2.75) is 19.8 Å². The highest BCUT2D eigenvalue weighted by molar-refractivity contribution is 7.16. The first-order chi connectivity index (χ1) is 11.1. The van der Waals surface area contributed by atoms with Gasteiger partial charge in [0.25, 0.3) is 5.91 Å². The lowest BCUT2D eigenvalue weighted by Crippen LogP contribution is -2.14. The van der Waals surface area contributed by atoms with Gasteiger partial charge in [-0.15, -0.1) is 0 Å². The number of benzene rings is 1. The summed E-state index contributed by atoms with van der Waals surface area (Å²) in [4.78, 5) is 17.6. The molecule has 0 radical (unpaired) electrons. The molecule has 2 aromatic heterocycles. The summed E-state index contributed by atoms with van der Waals surface area (Å²) >= 11 is 1.30. The van der Waals surface area contributed by atoms with E-state index in [0.29, 0.717) is 10.6 Å². The first-order valence-corrected chi connectivity index (χ1v) is 8.08. The van der Waals surface area contributed by atoms with E-state index in [1.807, 2.05) is 42.9 Å². The highest BCUT2D eigenvalue weighted by Gasteiger charge is 2.21. The lowest BCUT2D eigenvalue weighted by atomic mass is 10.1. The largest absolute Gasteiger partial charge is 0.319 e. The molecular formula is C17H16FN3OS. The van der Waals surface area contributed by atoms with Crippen LogP contribution in [0.15, 0.2) is 48.8 Å². The second-order valence-electron chi connectivity index (χ2n) is 5.39. The van der Waals surface area contributed by atoms with Gasteiger partial charge in [0.15, 0.2) is 5.13 Å². The molecule has 2 heterocycles. The molecular weight excluding hydrogens is 313 g/mol. The number of carbonyl (C=O) groups is 1. The summed E-state index contributed by atoms with van der Waals surface area (Å²) < 4.78 is 15.6. The van der Waals surface area contributed by atoms with Gasteiger partial charge in [-0.2, -0.15) is 0 Å². The van der Waals surface area contributed by atoms with Crippen molar-refractivity contribution >= 4 is 22.9 Å². The topological polar surface area (TPSA) is 46.9 Å². The Morgan fingerprint density at radius 3 is 2.57 bits per heavy atom. The highest BCUT2D eigenvalue weighted by Crippen LogP contribution is 2.28. The highest BCUT2D eigenvalue weighted by atomic mass is 32.1. The zero-order valence-corrected chi connectivity index (χ0v) is 13.6. The van der Waals surface area contributed by atoms with Crippen molar-refractivity contribution in [3.8, 4) is 5.13 Å². The van der Waals surface area contributed by atoms with E-state index in [0.717, 1.165) is 5.13 Å². The van der Waals surface area contributed by atoms with Crippen LogP contribution in [-0.4, -0.2) is 15.5 Å². The van der Waals surface area contributed by atoms with Crippen LogP contribution >= 0.6 is 11.3 Å². The molecule has 0 bridgehead atoms. The number of hydrogen-bond donors (Lipinski definition) is 1. The van der Waals surface area contributed by atoms with Crippen molar-refractivity contribution < 1.29 is 9.18 Å². The molecule has 0 aliphatic heterocycles. The van der Waals surface area contributed by atoms with Gasteiger partial charge in [-0.1, -0.05) is 37.3 Å². The first kappa shape index (κ1) is 15.4. The fourth-order valence-electron chi connectivity index (χ4n) is 2.19. The molecule has 1 amide bonds. The van der Waals surface area contributed by atoms with Crippen molar-refractivity contribution in [3.05, 3.63) is 65.2 Å². The van der Waals surface area contributed by atoms with Crippen molar-refractivity contribution in [3.63, 3.8) is 0 Å². The zero-order valence-electron chi connectivity index (χ0n) is 12.8. The van der Waals surface area contributed by atoms with Crippen LogP contribution in [0.5, 0.6) is 0 Å². The number of hydrogen-bond acceptors (Lipinski definition) is 3. The molecule has 6 heteroatoms. The number of nitrogens with one attached hydrogen (secondary N) is 1. The van der Waals surface area contributed by atoms with Crippen LogP contribution in [-0.2, 0) is 0 Å². The quantitative estimate of drug-likeness (QED) is 0.769. The number of para-hydroxylation sites is 1. The molecule has 0 saturated heterocycles. The lowest BCUT2D eigenvalue weighted by molar-refractivity contribution is 0.102. The summed E-state index contributed by atoms with van der Waals surface area (Å²) in [5.74, 6) is -0.700. The number of aromatic nitrogens is 2. The van der Waals surface area contributed by atoms with E-state index < -0.39 is 5.82 Å². The Morgan fingerprint density at radius 1 is 1.22 bits per heavy atom. The molecule has 0 unspecified atom stereocenters. The fourth-order valence-corrected chi connectivity index (χ4v) is 3.27. The molecule has 0 fully saturated rings. The maximum Gasteiger partial charge on any atom is 0.267 e. The van der Waals surface area contributed by atoms with Crippen molar-refractivity contribution in [1.82, 2.24) is 9.55 Å². The van der Waals surface area contributed by atoms with Crippen LogP contribution in [0.3, 0.4) is 0 Å². The van der Waals surface area contributed by atoms with E-state index in [1.165, 1.54) is 23.5 Å². The van der Waals surface area contributed by atoms with Crippen LogP contribution in [0.4, 0.5) is 10.1 Å². The summed E-state index contributed by atoms with van der Waals surface area (Å²) in [6.07, 6.45) is 3.75. The van der Waals surface area contributed by atoms with Crippen LogP contribution in [0.25, 0.3) is 5.13 Å². The molecule has 23 heavy (non-hydrogen) atoms. The molecule has 0 atom stereocenters. The van der Waals surface area contributed by atoms with Gasteiger partial charge in [-0.05, 0) is 30.2 Å². The number of thiazole rings is 1. The van der Waals surface area contributed by atoms with Crippen molar-refractivity contribution in [2.75, 3.05) is 5.32 Å². The third-order valence-electron chi connectivity index (χ3n) is 3.34. The van der Waals surface area contributed by atoms with E-state index in [2.05, 4.69) is 10.3 Å². The average molecular weight is 329 g/mol. The van der Waals surface area contributed by atoms with Crippen molar-refractivity contribution in [1.29, 1.82) is 0 Å². The van der Waals surface area contributed by atoms with Gasteiger partial charge in [-0.25, -0.2) is 9.37 Å². The summed E-state index contributed by atoms with van der Waals surface area (Å²) in [6.45, 7) is 3.96. The summed E-state index contributed by atoms with van der Waals surface area (Å²) in [7, 11) is 0. The first-order valence-electron chi connectivity index (χ1n) is 7.26. The molecule has 0 saturated carbocycles. The maximum atomic E-state index is 13.7. The Kier molecular flexibility index (Phi) is 4.25. The molecule has 1 aromatic carbocycles. The Morgan fingerprint density at radius 2 is 1.91 bits per heavy atom. The van der Waals surface area contributed by atoms with E-state index in [1.54, 1.807) is 12.1 Å². The molecule has 118 valence electrons. The van der Waals surface area contributed by atoms with E-state index in [-0.39, 0.29) is 17.5 Å². The van der Waals surface area contributed by atoms with Crippen LogP contribution in [0.1, 0.15) is 35.1 Å². The molecule has 0 spiro atoms. The van der Waals surface area contributed by atoms with E-state index in [9.17, 15) is 9.18 Å². The summed E-state index contributed by atoms with van der Waals surface area (Å²) in [5.41, 5.74) is 0.885. The molecule has 0 aliphatic rings. The van der Waals surface area contributed by atoms with E-state index in [4.69, 9.17) is 0 Å². The lowest BCUT2D eigenvalue weighted by Gasteiger charge is -2.07. The van der Waals surface area contributed by atoms with Gasteiger partial charge in [0.05, 0.1) is 11.4 Å². The van der Waals surface area contributed by atoms with Crippen LogP contribution in [0, 0.1) is 5.82 Å². The minimum absolute atomic E-state index is 0.0944. The second kappa shape index (κ2) is 6.34. The van der Waals surface area contributed by atoms with Gasteiger partial charge in [0, 0.05) is 12.4 Å². The van der Waals surface area contributed by atoms with Gasteiger partial charge >= 0.3 is 0 Å². The standard InChI is InChI=1S/C17H16FN3OS/c1-11(2)14-15(23-17(20-14)21-9-5-6-10-21)16(22)19-13-8-4-3-7-12(13)18/h3-11H,1-2H3,(H,19,22). The predicted octanol–water partition coefficient (Wildman–Crippen LogP) is 4.45. The predicted molar refractivity (Wildman–Crippen MR) is 89.9 cm³/mol. The van der Waals surface area contributed by atoms with Gasteiger partial charge in [-0.3, -0.25) is 4.79 Å². The number of amides is 1. The zero-order chi connectivity index (χ0) is 16.4. The molecule has 4 nitrogen and oxygen atoms in total. The summed E-state index contributed by atoms with van der Waals surface area (Å²) in [6, 6.07) is 9.92. The van der Waals surface area contributed by atoms with Gasteiger partial charge in [0.2, 0.25) is 0 Å². The number of rotatable bonds is 4. The normalized spacial score (nSPS) is 11.0. The smallest absolute Gasteiger partial charge is 0.267 e. The van der Waals surface area contributed by atoms with Crippen LogP contribution in [0.2, 0.25) is 0 Å². The molecule has 3 aromatic rings. The molecule has 0 aliphatic carbocycles. The Labute approximate surface area is 137 Å². The minimum Gasteiger partial charge on any atom is -0.319 e. The third kappa shape index (κ3) is 3.17. The number of halogens is 1. The molecule has 3 rings (SSSR count). The fraction of sp³-hybridized carbons (Fsp3) is 0.176. The second-order valence-corrected chi connectivity index (χ2v) is 6.37. The summed E-state index contributed by atoms with van der Waals surface area (Å²) in [5, 5.41) is 3.35. The molecule has 1 N–H and O–H groups in total. The average Bonchev–Trinajstić information content (AvgIpc) is 3.18. The maximum absolute atomic E-state index is 13.7. The van der Waals surface area contributed by atoms with Gasteiger partial charge in [0.1, 0.15) is 10.7 Å². The Bertz CT molecular complexity index is 824. The monoisotopic (exact) mass is 329 g/mol. The third-order valence-corrected chi connectivity index (χ3v) is 4.43. The van der Waals surface area contributed by atoms with E-state index >= 15 is 0 Å². The minimum atomic E-state index is -0.456. The van der Waals surface area contributed by atoms with Crippen LogP contribution < -0.4 is 5.32 Å². The number of anilines is 1. The Hall–Kier alpha value is -2.47. The van der Waals surface area contributed by atoms with Crippen molar-refractivity contribution in [2.24, 2.45) is 0 Å². The van der Waals surface area contributed by atoms with Gasteiger partial charge < -0.3 is 9.88 Å². The SMILES string of the molecule is CC(C)c1nc(-n2cccc2)sc1C(=O)Nc1ccccc1F. The number of carbonyl (C=O) groups excluding carboxylic acids is 1.